The highest BCUT2D eigenvalue weighted by Gasteiger charge is 2.04. The Morgan fingerprint density at radius 1 is 1.23 bits per heavy atom. The van der Waals surface area contributed by atoms with E-state index in [4.69, 9.17) is 4.74 Å². The maximum absolute atomic E-state index is 5.32. The number of aryl methyl sites for hydroxylation is 1. The maximum atomic E-state index is 5.32. The third kappa shape index (κ3) is 7.92. The molecule has 1 aromatic heterocycles. The second-order valence-electron chi connectivity index (χ2n) is 4.79. The summed E-state index contributed by atoms with van der Waals surface area (Å²) in [5.74, 6) is 2.54. The van der Waals surface area contributed by atoms with Crippen molar-refractivity contribution >= 4 is 29.9 Å². The second kappa shape index (κ2) is 12.6. The summed E-state index contributed by atoms with van der Waals surface area (Å²) in [6.45, 7) is 9.66. The zero-order chi connectivity index (χ0) is 15.5. The van der Waals surface area contributed by atoms with E-state index in [0.717, 1.165) is 50.1 Å². The number of unbranched alkanes of at least 4 members (excludes halogenated alkanes) is 1. The summed E-state index contributed by atoms with van der Waals surface area (Å²) in [7, 11) is 1.95. The highest BCUT2D eigenvalue weighted by atomic mass is 127. The van der Waals surface area contributed by atoms with Crippen LogP contribution in [0.2, 0.25) is 0 Å². The molecular weight excluding hydrogens is 395 g/mol. The van der Waals surface area contributed by atoms with Gasteiger partial charge in [-0.1, -0.05) is 13.3 Å². The number of aliphatic imine (C=N–C) groups is 1. The average molecular weight is 424 g/mol. The molecular formula is C14H29IN6O. The summed E-state index contributed by atoms with van der Waals surface area (Å²) < 4.78 is 7.27. The number of ether oxygens (including phenoxy) is 1. The van der Waals surface area contributed by atoms with Crippen LogP contribution in [0.3, 0.4) is 0 Å². The third-order valence-corrected chi connectivity index (χ3v) is 3.13. The smallest absolute Gasteiger partial charge is 0.191 e. The van der Waals surface area contributed by atoms with E-state index in [-0.39, 0.29) is 24.0 Å². The highest BCUT2D eigenvalue weighted by molar-refractivity contribution is 14.0. The predicted octanol–water partition coefficient (Wildman–Crippen LogP) is 1.61. The van der Waals surface area contributed by atoms with E-state index in [1.54, 1.807) is 0 Å². The first-order valence-electron chi connectivity index (χ1n) is 7.63. The normalized spacial score (nSPS) is 11.2. The van der Waals surface area contributed by atoms with Gasteiger partial charge in [-0.25, -0.2) is 4.99 Å². The molecule has 0 amide bonds. The predicted molar refractivity (Wildman–Crippen MR) is 99.7 cm³/mol. The lowest BCUT2D eigenvalue weighted by atomic mass is 10.3. The fourth-order valence-electron chi connectivity index (χ4n) is 1.68. The van der Waals surface area contributed by atoms with E-state index in [9.17, 15) is 0 Å². The van der Waals surface area contributed by atoms with Crippen LogP contribution in [-0.2, 0) is 18.3 Å². The van der Waals surface area contributed by atoms with Gasteiger partial charge in [-0.2, -0.15) is 0 Å². The third-order valence-electron chi connectivity index (χ3n) is 3.13. The van der Waals surface area contributed by atoms with Gasteiger partial charge >= 0.3 is 0 Å². The molecule has 0 unspecified atom stereocenters. The van der Waals surface area contributed by atoms with Crippen LogP contribution < -0.4 is 10.6 Å². The monoisotopic (exact) mass is 424 g/mol. The molecule has 0 fully saturated rings. The molecule has 0 bridgehead atoms. The minimum absolute atomic E-state index is 0. The van der Waals surface area contributed by atoms with Crippen molar-refractivity contribution in [3.05, 3.63) is 11.6 Å². The Balaban J connectivity index is 0.00000441. The standard InChI is InChI=1S/C14H28N6O.HI/c1-5-7-8-15-14(16-9-10-21-6-2)17-11-13-19-18-12(3)20(13)4;/h5-11H2,1-4H3,(H2,15,16,17);1H. The first-order chi connectivity index (χ1) is 10.2. The number of rotatable bonds is 9. The largest absolute Gasteiger partial charge is 0.380 e. The van der Waals surface area contributed by atoms with E-state index < -0.39 is 0 Å². The van der Waals surface area contributed by atoms with E-state index in [1.807, 2.05) is 25.5 Å². The molecule has 1 aromatic rings. The van der Waals surface area contributed by atoms with Crippen molar-refractivity contribution in [1.82, 2.24) is 25.4 Å². The van der Waals surface area contributed by atoms with E-state index in [0.29, 0.717) is 13.2 Å². The molecule has 1 heterocycles. The average Bonchev–Trinajstić information content (AvgIpc) is 2.80. The highest BCUT2D eigenvalue weighted by Crippen LogP contribution is 1.99. The molecule has 0 saturated carbocycles. The van der Waals surface area contributed by atoms with Crippen molar-refractivity contribution in [1.29, 1.82) is 0 Å². The van der Waals surface area contributed by atoms with Crippen LogP contribution in [0.5, 0.6) is 0 Å². The Kier molecular flexibility index (Phi) is 12.1. The van der Waals surface area contributed by atoms with Gasteiger partial charge in [0.15, 0.2) is 11.8 Å². The molecule has 0 atom stereocenters. The Labute approximate surface area is 150 Å². The minimum Gasteiger partial charge on any atom is -0.380 e. The van der Waals surface area contributed by atoms with Crippen LogP contribution in [0, 0.1) is 6.92 Å². The summed E-state index contributed by atoms with van der Waals surface area (Å²) in [5, 5.41) is 14.7. The summed E-state index contributed by atoms with van der Waals surface area (Å²) >= 11 is 0. The summed E-state index contributed by atoms with van der Waals surface area (Å²) in [6, 6.07) is 0. The van der Waals surface area contributed by atoms with Crippen molar-refractivity contribution in [3.63, 3.8) is 0 Å². The molecule has 0 aliphatic heterocycles. The number of nitrogens with one attached hydrogen (secondary N) is 2. The Bertz CT molecular complexity index is 435. The number of hydrogen-bond donors (Lipinski definition) is 2. The summed E-state index contributed by atoms with van der Waals surface area (Å²) in [5.41, 5.74) is 0. The quantitative estimate of drug-likeness (QED) is 0.273. The van der Waals surface area contributed by atoms with E-state index in [1.165, 1.54) is 0 Å². The minimum atomic E-state index is 0. The van der Waals surface area contributed by atoms with Gasteiger partial charge in [0.1, 0.15) is 12.4 Å². The fourth-order valence-corrected chi connectivity index (χ4v) is 1.68. The molecule has 7 nitrogen and oxygen atoms in total. The lowest BCUT2D eigenvalue weighted by Gasteiger charge is -2.12. The van der Waals surface area contributed by atoms with Crippen molar-refractivity contribution in [2.45, 2.75) is 40.2 Å². The number of hydrogen-bond acceptors (Lipinski definition) is 4. The molecule has 0 saturated heterocycles. The molecule has 22 heavy (non-hydrogen) atoms. The maximum Gasteiger partial charge on any atom is 0.191 e. The zero-order valence-electron chi connectivity index (χ0n) is 14.1. The molecule has 1 rings (SSSR count). The molecule has 0 aliphatic rings. The lowest BCUT2D eigenvalue weighted by Crippen LogP contribution is -2.39. The van der Waals surface area contributed by atoms with Crippen LogP contribution >= 0.6 is 24.0 Å². The fraction of sp³-hybridized carbons (Fsp3) is 0.786. The SMILES string of the molecule is CCCCNC(=NCc1nnc(C)n1C)NCCOCC.I. The number of guanidine groups is 1. The van der Waals surface area contributed by atoms with Gasteiger partial charge < -0.3 is 19.9 Å². The van der Waals surface area contributed by atoms with Gasteiger partial charge in [-0.05, 0) is 20.3 Å². The van der Waals surface area contributed by atoms with Crippen LogP contribution in [0.4, 0.5) is 0 Å². The Morgan fingerprint density at radius 3 is 2.55 bits per heavy atom. The van der Waals surface area contributed by atoms with Gasteiger partial charge in [-0.3, -0.25) is 0 Å². The van der Waals surface area contributed by atoms with Crippen LogP contribution in [0.1, 0.15) is 38.3 Å². The van der Waals surface area contributed by atoms with Crippen molar-refractivity contribution in [2.75, 3.05) is 26.3 Å². The van der Waals surface area contributed by atoms with E-state index >= 15 is 0 Å². The van der Waals surface area contributed by atoms with Gasteiger partial charge in [0.05, 0.1) is 6.61 Å². The molecule has 0 aliphatic carbocycles. The number of halogens is 1. The molecule has 2 N–H and O–H groups in total. The first-order valence-corrected chi connectivity index (χ1v) is 7.63. The number of nitrogens with zero attached hydrogens (tertiary/aromatic N) is 4. The van der Waals surface area contributed by atoms with Crippen molar-refractivity contribution < 1.29 is 4.74 Å². The molecule has 0 spiro atoms. The number of aromatic nitrogens is 3. The Hall–Kier alpha value is -0.900. The molecule has 0 aromatic carbocycles. The van der Waals surface area contributed by atoms with E-state index in [2.05, 4.69) is 32.7 Å². The molecule has 128 valence electrons. The lowest BCUT2D eigenvalue weighted by molar-refractivity contribution is 0.152. The zero-order valence-corrected chi connectivity index (χ0v) is 16.4. The van der Waals surface area contributed by atoms with Crippen molar-refractivity contribution in [2.24, 2.45) is 12.0 Å². The van der Waals surface area contributed by atoms with Gasteiger partial charge in [0.25, 0.3) is 0 Å². The van der Waals surface area contributed by atoms with Gasteiger partial charge in [0, 0.05) is 26.7 Å². The first kappa shape index (κ1) is 21.1. The van der Waals surface area contributed by atoms with Gasteiger partial charge in [0.2, 0.25) is 0 Å². The van der Waals surface area contributed by atoms with Crippen molar-refractivity contribution in [3.8, 4) is 0 Å². The van der Waals surface area contributed by atoms with Crippen LogP contribution in [-0.4, -0.2) is 47.0 Å². The van der Waals surface area contributed by atoms with Gasteiger partial charge in [-0.15, -0.1) is 34.2 Å². The topological polar surface area (TPSA) is 76.4 Å². The summed E-state index contributed by atoms with van der Waals surface area (Å²) in [4.78, 5) is 4.55. The second-order valence-corrected chi connectivity index (χ2v) is 4.79. The molecule has 0 radical (unpaired) electrons. The summed E-state index contributed by atoms with van der Waals surface area (Å²) in [6.07, 6.45) is 2.27. The van der Waals surface area contributed by atoms with Crippen LogP contribution in [0.15, 0.2) is 4.99 Å². The molecule has 8 heteroatoms. The Morgan fingerprint density at radius 2 is 1.95 bits per heavy atom. The van der Waals surface area contributed by atoms with Crippen LogP contribution in [0.25, 0.3) is 0 Å².